The van der Waals surface area contributed by atoms with Crippen LogP contribution in [0.15, 0.2) is 42.5 Å². The standard InChI is InChI=1S/C20H22N2O5/c23-20(24)22-8-7-14(12-22)13-27-18-6-2-5-17(21-18)15-3-1-4-16(11-15)19-25-9-10-26-19/h1-6,11,14,19H,7-10,12-13H2,(H,23,24)/t14-/m0/s1. The fraction of sp³-hybridized carbons (Fsp3) is 0.400. The number of ether oxygens (including phenoxy) is 3. The van der Waals surface area contributed by atoms with E-state index in [1.165, 1.54) is 4.90 Å². The molecule has 7 nitrogen and oxygen atoms in total. The van der Waals surface area contributed by atoms with Crippen molar-refractivity contribution < 1.29 is 24.1 Å². The van der Waals surface area contributed by atoms with Gasteiger partial charge in [0.15, 0.2) is 6.29 Å². The molecular formula is C20H22N2O5. The van der Waals surface area contributed by atoms with E-state index in [1.807, 2.05) is 42.5 Å². The molecule has 1 aromatic carbocycles. The van der Waals surface area contributed by atoms with Gasteiger partial charge in [-0.3, -0.25) is 0 Å². The predicted molar refractivity (Wildman–Crippen MR) is 97.5 cm³/mol. The molecule has 4 rings (SSSR count). The van der Waals surface area contributed by atoms with E-state index in [9.17, 15) is 4.79 Å². The van der Waals surface area contributed by atoms with Gasteiger partial charge in [-0.15, -0.1) is 0 Å². The Hall–Kier alpha value is -2.64. The number of amides is 1. The predicted octanol–water partition coefficient (Wildman–Crippen LogP) is 3.17. The third-order valence-electron chi connectivity index (χ3n) is 4.82. The Morgan fingerprint density at radius 2 is 2.04 bits per heavy atom. The van der Waals surface area contributed by atoms with E-state index in [2.05, 4.69) is 4.98 Å². The van der Waals surface area contributed by atoms with Gasteiger partial charge in [-0.2, -0.15) is 0 Å². The van der Waals surface area contributed by atoms with Crippen LogP contribution < -0.4 is 4.74 Å². The van der Waals surface area contributed by atoms with Gasteiger partial charge in [-0.1, -0.05) is 24.3 Å². The molecule has 2 aromatic rings. The zero-order chi connectivity index (χ0) is 18.6. The molecule has 7 heteroatoms. The number of nitrogens with zero attached hydrogens (tertiary/aromatic N) is 2. The summed E-state index contributed by atoms with van der Waals surface area (Å²) in [4.78, 5) is 17.0. The second kappa shape index (κ2) is 7.94. The summed E-state index contributed by atoms with van der Waals surface area (Å²) < 4.78 is 17.0. The van der Waals surface area contributed by atoms with Crippen molar-refractivity contribution in [2.45, 2.75) is 12.7 Å². The molecule has 2 saturated heterocycles. The summed E-state index contributed by atoms with van der Waals surface area (Å²) in [5.41, 5.74) is 2.75. The van der Waals surface area contributed by atoms with Crippen LogP contribution in [0.2, 0.25) is 0 Å². The van der Waals surface area contributed by atoms with Crippen molar-refractivity contribution in [3.05, 3.63) is 48.0 Å². The Morgan fingerprint density at radius 1 is 1.22 bits per heavy atom. The normalized spacial score (nSPS) is 20.1. The molecule has 1 N–H and O–H groups in total. The number of pyridine rings is 1. The highest BCUT2D eigenvalue weighted by Gasteiger charge is 2.26. The van der Waals surface area contributed by atoms with Gasteiger partial charge in [0.2, 0.25) is 5.88 Å². The van der Waals surface area contributed by atoms with Gasteiger partial charge in [0.25, 0.3) is 0 Å². The number of benzene rings is 1. The maximum Gasteiger partial charge on any atom is 0.407 e. The Balaban J connectivity index is 1.42. The third kappa shape index (κ3) is 4.20. The van der Waals surface area contributed by atoms with Crippen molar-refractivity contribution in [2.75, 3.05) is 32.9 Å². The quantitative estimate of drug-likeness (QED) is 0.871. The second-order valence-electron chi connectivity index (χ2n) is 6.75. The van der Waals surface area contributed by atoms with Crippen LogP contribution in [0.4, 0.5) is 4.79 Å². The molecule has 2 aliphatic rings. The number of likely N-dealkylation sites (tertiary alicyclic amines) is 1. The first-order chi connectivity index (χ1) is 13.2. The van der Waals surface area contributed by atoms with Crippen LogP contribution in [0.25, 0.3) is 11.3 Å². The molecule has 0 saturated carbocycles. The first-order valence-corrected chi connectivity index (χ1v) is 9.10. The van der Waals surface area contributed by atoms with E-state index in [1.54, 1.807) is 0 Å². The first-order valence-electron chi connectivity index (χ1n) is 9.10. The molecule has 2 fully saturated rings. The Morgan fingerprint density at radius 3 is 2.81 bits per heavy atom. The first kappa shape index (κ1) is 17.8. The van der Waals surface area contributed by atoms with Crippen LogP contribution in [0.3, 0.4) is 0 Å². The molecule has 2 aliphatic heterocycles. The number of rotatable bonds is 5. The average Bonchev–Trinajstić information content (AvgIpc) is 3.39. The van der Waals surface area contributed by atoms with E-state index in [4.69, 9.17) is 19.3 Å². The summed E-state index contributed by atoms with van der Waals surface area (Å²) >= 11 is 0. The van der Waals surface area contributed by atoms with Gasteiger partial charge in [-0.05, 0) is 18.6 Å². The van der Waals surface area contributed by atoms with E-state index in [-0.39, 0.29) is 12.2 Å². The number of hydrogen-bond donors (Lipinski definition) is 1. The maximum atomic E-state index is 11.0. The second-order valence-corrected chi connectivity index (χ2v) is 6.75. The van der Waals surface area contributed by atoms with Crippen LogP contribution in [0, 0.1) is 5.92 Å². The van der Waals surface area contributed by atoms with Crippen LogP contribution in [0.5, 0.6) is 5.88 Å². The highest BCUT2D eigenvalue weighted by molar-refractivity contribution is 5.65. The molecule has 1 atom stereocenters. The van der Waals surface area contributed by atoms with Gasteiger partial charge in [0.05, 0.1) is 25.5 Å². The molecule has 0 bridgehead atoms. The minimum Gasteiger partial charge on any atom is -0.477 e. The number of aromatic nitrogens is 1. The highest BCUT2D eigenvalue weighted by Crippen LogP contribution is 2.28. The van der Waals surface area contributed by atoms with Gasteiger partial charge >= 0.3 is 6.09 Å². The lowest BCUT2D eigenvalue weighted by molar-refractivity contribution is -0.0440. The molecule has 1 aromatic heterocycles. The van der Waals surface area contributed by atoms with Crippen LogP contribution >= 0.6 is 0 Å². The average molecular weight is 370 g/mol. The van der Waals surface area contributed by atoms with E-state index in [0.717, 1.165) is 23.2 Å². The summed E-state index contributed by atoms with van der Waals surface area (Å²) in [5, 5.41) is 9.03. The molecule has 0 spiro atoms. The number of carbonyl (C=O) groups is 1. The van der Waals surface area contributed by atoms with Gasteiger partial charge in [0, 0.05) is 36.2 Å². The highest BCUT2D eigenvalue weighted by atomic mass is 16.7. The smallest absolute Gasteiger partial charge is 0.407 e. The fourth-order valence-corrected chi connectivity index (χ4v) is 3.40. The van der Waals surface area contributed by atoms with E-state index >= 15 is 0 Å². The molecular weight excluding hydrogens is 348 g/mol. The van der Waals surface area contributed by atoms with Crippen LogP contribution in [-0.2, 0) is 9.47 Å². The molecule has 27 heavy (non-hydrogen) atoms. The van der Waals surface area contributed by atoms with Crippen LogP contribution in [-0.4, -0.2) is 54.0 Å². The largest absolute Gasteiger partial charge is 0.477 e. The van der Waals surface area contributed by atoms with E-state index in [0.29, 0.717) is 38.8 Å². The maximum absolute atomic E-state index is 11.0. The van der Waals surface area contributed by atoms with Crippen molar-refractivity contribution in [1.29, 1.82) is 0 Å². The lowest BCUT2D eigenvalue weighted by Crippen LogP contribution is -2.27. The Labute approximate surface area is 157 Å². The monoisotopic (exact) mass is 370 g/mol. The number of hydrogen-bond acceptors (Lipinski definition) is 5. The molecule has 142 valence electrons. The molecule has 3 heterocycles. The third-order valence-corrected chi connectivity index (χ3v) is 4.82. The van der Waals surface area contributed by atoms with Gasteiger partial charge < -0.3 is 24.2 Å². The summed E-state index contributed by atoms with van der Waals surface area (Å²) in [6, 6.07) is 13.6. The molecule has 0 aliphatic carbocycles. The van der Waals surface area contributed by atoms with Gasteiger partial charge in [0.1, 0.15) is 0 Å². The summed E-state index contributed by atoms with van der Waals surface area (Å²) in [7, 11) is 0. The van der Waals surface area contributed by atoms with Crippen molar-refractivity contribution >= 4 is 6.09 Å². The molecule has 0 radical (unpaired) electrons. The summed E-state index contributed by atoms with van der Waals surface area (Å²) in [5.74, 6) is 0.742. The minimum absolute atomic E-state index is 0.201. The topological polar surface area (TPSA) is 81.1 Å². The zero-order valence-electron chi connectivity index (χ0n) is 14.9. The zero-order valence-corrected chi connectivity index (χ0v) is 14.9. The summed E-state index contributed by atoms with van der Waals surface area (Å²) in [6.45, 7) is 2.76. The van der Waals surface area contributed by atoms with E-state index < -0.39 is 6.09 Å². The Kier molecular flexibility index (Phi) is 5.22. The lowest BCUT2D eigenvalue weighted by Gasteiger charge is -2.14. The van der Waals surface area contributed by atoms with Crippen molar-refractivity contribution in [3.63, 3.8) is 0 Å². The Bertz CT molecular complexity index is 806. The molecule has 0 unspecified atom stereocenters. The van der Waals surface area contributed by atoms with Crippen molar-refractivity contribution in [2.24, 2.45) is 5.92 Å². The van der Waals surface area contributed by atoms with Crippen molar-refractivity contribution in [3.8, 4) is 17.1 Å². The fourth-order valence-electron chi connectivity index (χ4n) is 3.40. The van der Waals surface area contributed by atoms with Crippen molar-refractivity contribution in [1.82, 2.24) is 9.88 Å². The number of carboxylic acid groups (broad SMARTS) is 1. The van der Waals surface area contributed by atoms with Gasteiger partial charge in [-0.25, -0.2) is 9.78 Å². The van der Waals surface area contributed by atoms with Crippen LogP contribution in [0.1, 0.15) is 18.3 Å². The SMILES string of the molecule is O=C(O)N1CC[C@H](COc2cccc(-c3cccc(C4OCCO4)c3)n2)C1. The minimum atomic E-state index is -0.868. The lowest BCUT2D eigenvalue weighted by atomic mass is 10.1. The molecule has 1 amide bonds. The summed E-state index contributed by atoms with van der Waals surface area (Å²) in [6.07, 6.45) is -0.369.